The Labute approximate surface area is 122 Å². The minimum atomic E-state index is -0.346. The van der Waals surface area contributed by atoms with Crippen molar-refractivity contribution in [1.82, 2.24) is 0 Å². The summed E-state index contributed by atoms with van der Waals surface area (Å²) < 4.78 is 5.92. The lowest BCUT2D eigenvalue weighted by atomic mass is 10.1. The molecule has 0 amide bonds. The van der Waals surface area contributed by atoms with Crippen LogP contribution in [-0.2, 0) is 4.74 Å². The Morgan fingerprint density at radius 1 is 1.15 bits per heavy atom. The molecule has 1 aliphatic rings. The molecular weight excluding hydrogens is 250 g/mol. The fourth-order valence-electron chi connectivity index (χ4n) is 2.99. The lowest BCUT2D eigenvalue weighted by Gasteiger charge is -2.26. The molecule has 0 unspecified atom stereocenters. The van der Waals surface area contributed by atoms with Gasteiger partial charge in [0.25, 0.3) is 0 Å². The summed E-state index contributed by atoms with van der Waals surface area (Å²) in [7, 11) is 0. The van der Waals surface area contributed by atoms with Gasteiger partial charge < -0.3 is 14.7 Å². The highest BCUT2D eigenvalue weighted by molar-refractivity contribution is 5.17. The quantitative estimate of drug-likeness (QED) is 0.794. The first kappa shape index (κ1) is 15.5. The normalized spacial score (nSPS) is 19.7. The van der Waals surface area contributed by atoms with Crippen LogP contribution in [-0.4, -0.2) is 37.5 Å². The molecule has 0 radical (unpaired) electrons. The molecule has 1 saturated heterocycles. The molecule has 1 aromatic rings. The van der Waals surface area contributed by atoms with Crippen molar-refractivity contribution in [2.75, 3.05) is 26.2 Å². The number of nitrogens with one attached hydrogen (secondary N) is 1. The summed E-state index contributed by atoms with van der Waals surface area (Å²) in [5.74, 6) is 0. The number of rotatable bonds is 7. The Kier molecular flexibility index (Phi) is 6.51. The van der Waals surface area contributed by atoms with Gasteiger partial charge in [0.15, 0.2) is 0 Å². The van der Waals surface area contributed by atoms with Crippen LogP contribution in [0.4, 0.5) is 0 Å². The van der Waals surface area contributed by atoms with Crippen LogP contribution in [0.5, 0.6) is 0 Å². The molecule has 2 atom stereocenters. The Hall–Kier alpha value is -0.900. The third kappa shape index (κ3) is 4.89. The number of hydrogen-bond donors (Lipinski definition) is 2. The Morgan fingerprint density at radius 2 is 1.85 bits per heavy atom. The third-order valence-corrected chi connectivity index (χ3v) is 4.12. The molecule has 3 heteroatoms. The summed E-state index contributed by atoms with van der Waals surface area (Å²) in [5, 5.41) is 10.1. The van der Waals surface area contributed by atoms with E-state index in [9.17, 15) is 5.11 Å². The standard InChI is InChI=1S/C17H27NO2/c1-2-17(15-9-5-3-6-10-15)20-14-16(19)13-18-11-7-4-8-12-18/h3,5-6,9-10,16-17,19H,2,4,7-8,11-14H2,1H3/p+1/t16-,17-/m0/s1. The molecule has 3 nitrogen and oxygen atoms in total. The van der Waals surface area contributed by atoms with Crippen LogP contribution in [0.3, 0.4) is 0 Å². The topological polar surface area (TPSA) is 33.9 Å². The minimum absolute atomic E-state index is 0.0993. The summed E-state index contributed by atoms with van der Waals surface area (Å²) in [6.45, 7) is 5.79. The third-order valence-electron chi connectivity index (χ3n) is 4.12. The van der Waals surface area contributed by atoms with Crippen molar-refractivity contribution < 1.29 is 14.7 Å². The van der Waals surface area contributed by atoms with Crippen molar-refractivity contribution in [2.45, 2.75) is 44.8 Å². The first-order valence-electron chi connectivity index (χ1n) is 7.97. The molecule has 20 heavy (non-hydrogen) atoms. The second kappa shape index (κ2) is 8.40. The molecule has 1 heterocycles. The molecular formula is C17H28NO2+. The predicted octanol–water partition coefficient (Wildman–Crippen LogP) is 1.58. The van der Waals surface area contributed by atoms with E-state index in [1.54, 1.807) is 0 Å². The van der Waals surface area contributed by atoms with E-state index >= 15 is 0 Å². The lowest BCUT2D eigenvalue weighted by molar-refractivity contribution is -0.908. The van der Waals surface area contributed by atoms with Crippen molar-refractivity contribution in [1.29, 1.82) is 0 Å². The Balaban J connectivity index is 1.75. The number of hydrogen-bond acceptors (Lipinski definition) is 2. The van der Waals surface area contributed by atoms with Gasteiger partial charge in [0, 0.05) is 0 Å². The van der Waals surface area contributed by atoms with E-state index in [0.717, 1.165) is 13.0 Å². The molecule has 2 rings (SSSR count). The van der Waals surface area contributed by atoms with Gasteiger partial charge in [-0.3, -0.25) is 0 Å². The van der Waals surface area contributed by atoms with E-state index in [1.165, 1.54) is 42.8 Å². The fourth-order valence-corrected chi connectivity index (χ4v) is 2.99. The molecule has 2 N–H and O–H groups in total. The van der Waals surface area contributed by atoms with E-state index in [4.69, 9.17) is 4.74 Å². The highest BCUT2D eigenvalue weighted by Crippen LogP contribution is 2.20. The molecule has 0 spiro atoms. The first-order valence-corrected chi connectivity index (χ1v) is 7.97. The van der Waals surface area contributed by atoms with Crippen LogP contribution in [0.2, 0.25) is 0 Å². The zero-order valence-electron chi connectivity index (χ0n) is 12.6. The maximum atomic E-state index is 10.1. The van der Waals surface area contributed by atoms with Gasteiger partial charge in [-0.2, -0.15) is 0 Å². The minimum Gasteiger partial charge on any atom is -0.385 e. The van der Waals surface area contributed by atoms with Crippen molar-refractivity contribution in [3.63, 3.8) is 0 Å². The van der Waals surface area contributed by atoms with Gasteiger partial charge in [-0.25, -0.2) is 0 Å². The highest BCUT2D eigenvalue weighted by atomic mass is 16.5. The van der Waals surface area contributed by atoms with Crippen LogP contribution >= 0.6 is 0 Å². The Bertz CT molecular complexity index is 363. The van der Waals surface area contributed by atoms with E-state index < -0.39 is 0 Å². The first-order chi connectivity index (χ1) is 9.79. The number of quaternary nitrogens is 1. The van der Waals surface area contributed by atoms with Gasteiger partial charge >= 0.3 is 0 Å². The van der Waals surface area contributed by atoms with Gasteiger partial charge in [0.05, 0.1) is 25.8 Å². The highest BCUT2D eigenvalue weighted by Gasteiger charge is 2.19. The van der Waals surface area contributed by atoms with Crippen LogP contribution in [0.25, 0.3) is 0 Å². The summed E-state index contributed by atoms with van der Waals surface area (Å²) >= 11 is 0. The van der Waals surface area contributed by atoms with Gasteiger partial charge in [-0.05, 0) is 31.2 Å². The average molecular weight is 278 g/mol. The van der Waals surface area contributed by atoms with E-state index in [1.807, 2.05) is 18.2 Å². The Morgan fingerprint density at radius 3 is 2.50 bits per heavy atom. The molecule has 0 aromatic heterocycles. The largest absolute Gasteiger partial charge is 0.385 e. The zero-order valence-corrected chi connectivity index (χ0v) is 12.6. The fraction of sp³-hybridized carbons (Fsp3) is 0.647. The van der Waals surface area contributed by atoms with E-state index in [0.29, 0.717) is 6.61 Å². The predicted molar refractivity (Wildman–Crippen MR) is 80.8 cm³/mol. The van der Waals surface area contributed by atoms with Crippen molar-refractivity contribution >= 4 is 0 Å². The van der Waals surface area contributed by atoms with Crippen molar-refractivity contribution in [3.8, 4) is 0 Å². The lowest BCUT2D eigenvalue weighted by Crippen LogP contribution is -3.14. The maximum absolute atomic E-state index is 10.1. The number of ether oxygens (including phenoxy) is 1. The van der Waals surface area contributed by atoms with Gasteiger partial charge in [0.1, 0.15) is 12.6 Å². The molecule has 112 valence electrons. The van der Waals surface area contributed by atoms with Gasteiger partial charge in [-0.1, -0.05) is 37.3 Å². The number of likely N-dealkylation sites (tertiary alicyclic amines) is 1. The summed E-state index contributed by atoms with van der Waals surface area (Å²) in [6, 6.07) is 10.3. The monoisotopic (exact) mass is 278 g/mol. The number of benzene rings is 1. The molecule has 0 saturated carbocycles. The van der Waals surface area contributed by atoms with Crippen molar-refractivity contribution in [3.05, 3.63) is 35.9 Å². The number of aliphatic hydroxyl groups excluding tert-OH is 1. The SMILES string of the molecule is CC[C@H](OC[C@@H](O)C[NH+]1CCCCC1)c1ccccc1. The van der Waals surface area contributed by atoms with E-state index in [-0.39, 0.29) is 12.2 Å². The van der Waals surface area contributed by atoms with Gasteiger partial charge in [-0.15, -0.1) is 0 Å². The summed E-state index contributed by atoms with van der Waals surface area (Å²) in [5.41, 5.74) is 1.20. The van der Waals surface area contributed by atoms with Crippen molar-refractivity contribution in [2.24, 2.45) is 0 Å². The van der Waals surface area contributed by atoms with Crippen LogP contribution in [0, 0.1) is 0 Å². The zero-order chi connectivity index (χ0) is 14.2. The van der Waals surface area contributed by atoms with E-state index in [2.05, 4.69) is 19.1 Å². The average Bonchev–Trinajstić information content (AvgIpc) is 2.50. The van der Waals surface area contributed by atoms with Crippen LogP contribution in [0.15, 0.2) is 30.3 Å². The number of piperidine rings is 1. The molecule has 1 fully saturated rings. The maximum Gasteiger partial charge on any atom is 0.126 e. The molecule has 1 aliphatic heterocycles. The van der Waals surface area contributed by atoms with Crippen LogP contribution < -0.4 is 4.90 Å². The second-order valence-electron chi connectivity index (χ2n) is 5.81. The second-order valence-corrected chi connectivity index (χ2v) is 5.81. The summed E-state index contributed by atoms with van der Waals surface area (Å²) in [6.07, 6.45) is 4.63. The smallest absolute Gasteiger partial charge is 0.126 e. The molecule has 1 aromatic carbocycles. The number of aliphatic hydroxyl groups is 1. The van der Waals surface area contributed by atoms with Crippen LogP contribution in [0.1, 0.15) is 44.3 Å². The van der Waals surface area contributed by atoms with Gasteiger partial charge in [0.2, 0.25) is 0 Å². The summed E-state index contributed by atoms with van der Waals surface area (Å²) in [4.78, 5) is 1.53. The molecule has 0 aliphatic carbocycles. The molecule has 0 bridgehead atoms.